The number of nitrogens with one attached hydrogen (secondary N) is 1. The number of thiazole rings is 1. The lowest BCUT2D eigenvalue weighted by atomic mass is 10.1. The van der Waals surface area contributed by atoms with E-state index in [-0.39, 0.29) is 23.3 Å². The number of anilines is 1. The molecule has 1 saturated heterocycles. The zero-order valence-electron chi connectivity index (χ0n) is 14.6. The van der Waals surface area contributed by atoms with E-state index >= 15 is 0 Å². The third-order valence-electron chi connectivity index (χ3n) is 4.64. The molecule has 0 spiro atoms. The second-order valence-corrected chi connectivity index (χ2v) is 9.33. The first-order chi connectivity index (χ1) is 12.9. The van der Waals surface area contributed by atoms with Gasteiger partial charge in [0.25, 0.3) is 0 Å². The van der Waals surface area contributed by atoms with Crippen LogP contribution in [0.4, 0.5) is 5.69 Å². The van der Waals surface area contributed by atoms with Gasteiger partial charge in [0.1, 0.15) is 4.90 Å². The molecule has 1 aliphatic heterocycles. The maximum atomic E-state index is 12.7. The first kappa shape index (κ1) is 18.0. The zero-order chi connectivity index (χ0) is 19.0. The van der Waals surface area contributed by atoms with Crippen LogP contribution in [0.15, 0.2) is 46.9 Å². The molecule has 3 aromatic rings. The molecule has 1 fully saturated rings. The summed E-state index contributed by atoms with van der Waals surface area (Å²) in [5.74, 6) is -0.561. The van der Waals surface area contributed by atoms with Gasteiger partial charge in [-0.1, -0.05) is 0 Å². The van der Waals surface area contributed by atoms with Crippen LogP contribution in [-0.2, 0) is 14.8 Å². The van der Waals surface area contributed by atoms with Crippen molar-refractivity contribution in [2.24, 2.45) is 5.92 Å². The van der Waals surface area contributed by atoms with E-state index in [2.05, 4.69) is 15.3 Å². The summed E-state index contributed by atoms with van der Waals surface area (Å²) < 4.78 is 27.9. The van der Waals surface area contributed by atoms with Gasteiger partial charge in [0.2, 0.25) is 15.9 Å². The summed E-state index contributed by atoms with van der Waals surface area (Å²) in [7, 11) is -3.63. The molecule has 0 bridgehead atoms. The first-order valence-corrected chi connectivity index (χ1v) is 10.8. The van der Waals surface area contributed by atoms with Crippen molar-refractivity contribution in [2.45, 2.75) is 18.2 Å². The second kappa shape index (κ2) is 6.99. The highest BCUT2D eigenvalue weighted by Gasteiger charge is 2.36. The molecule has 1 aliphatic rings. The zero-order valence-corrected chi connectivity index (χ0v) is 16.3. The quantitative estimate of drug-likeness (QED) is 0.724. The van der Waals surface area contributed by atoms with Crippen molar-refractivity contribution in [1.29, 1.82) is 0 Å². The predicted molar refractivity (Wildman–Crippen MR) is 104 cm³/mol. The summed E-state index contributed by atoms with van der Waals surface area (Å²) in [5.41, 5.74) is 4.02. The standard InChI is InChI=1S/C18H18N4O3S2/c1-12-2-4-15(9-19-12)27(24,25)22-7-6-13(10-22)18(23)21-14-3-5-17-16(8-14)20-11-26-17/h2-5,8-9,11,13H,6-7,10H2,1H3,(H,21,23)/t13-/m1/s1. The lowest BCUT2D eigenvalue weighted by molar-refractivity contribution is -0.119. The number of nitrogens with zero attached hydrogens (tertiary/aromatic N) is 3. The molecule has 0 unspecified atom stereocenters. The van der Waals surface area contributed by atoms with Gasteiger partial charge in [-0.3, -0.25) is 9.78 Å². The van der Waals surface area contributed by atoms with Crippen LogP contribution in [0.25, 0.3) is 10.2 Å². The summed E-state index contributed by atoms with van der Waals surface area (Å²) in [6.45, 7) is 2.29. The van der Waals surface area contributed by atoms with Gasteiger partial charge in [0, 0.05) is 30.7 Å². The molecule has 3 heterocycles. The molecule has 140 valence electrons. The van der Waals surface area contributed by atoms with Crippen molar-refractivity contribution in [1.82, 2.24) is 14.3 Å². The monoisotopic (exact) mass is 402 g/mol. The van der Waals surface area contributed by atoms with Crippen LogP contribution in [0.2, 0.25) is 0 Å². The molecule has 0 aliphatic carbocycles. The van der Waals surface area contributed by atoms with E-state index in [9.17, 15) is 13.2 Å². The summed E-state index contributed by atoms with van der Waals surface area (Å²) in [6.07, 6.45) is 1.85. The van der Waals surface area contributed by atoms with E-state index < -0.39 is 10.0 Å². The fraction of sp³-hybridized carbons (Fsp3) is 0.278. The Morgan fingerprint density at radius 2 is 2.11 bits per heavy atom. The number of carbonyl (C=O) groups excluding carboxylic acids is 1. The van der Waals surface area contributed by atoms with Gasteiger partial charge >= 0.3 is 0 Å². The van der Waals surface area contributed by atoms with E-state index in [1.54, 1.807) is 24.6 Å². The molecule has 1 atom stereocenters. The Bertz CT molecular complexity index is 1090. The topological polar surface area (TPSA) is 92.3 Å². The largest absolute Gasteiger partial charge is 0.326 e. The predicted octanol–water partition coefficient (Wildman–Crippen LogP) is 2.65. The Hall–Kier alpha value is -2.36. The van der Waals surface area contributed by atoms with Crippen molar-refractivity contribution in [3.63, 3.8) is 0 Å². The minimum Gasteiger partial charge on any atom is -0.326 e. The van der Waals surface area contributed by atoms with E-state index in [0.29, 0.717) is 18.7 Å². The van der Waals surface area contributed by atoms with Gasteiger partial charge in [-0.05, 0) is 43.7 Å². The molecular formula is C18H18N4O3S2. The summed E-state index contributed by atoms with van der Waals surface area (Å²) in [5, 5.41) is 2.88. The van der Waals surface area contributed by atoms with E-state index in [1.165, 1.54) is 21.8 Å². The molecule has 1 N–H and O–H groups in total. The Balaban J connectivity index is 1.45. The third-order valence-corrected chi connectivity index (χ3v) is 7.30. The number of rotatable bonds is 4. The number of pyridine rings is 1. The Morgan fingerprint density at radius 1 is 1.26 bits per heavy atom. The van der Waals surface area contributed by atoms with Crippen LogP contribution in [0.5, 0.6) is 0 Å². The van der Waals surface area contributed by atoms with Crippen molar-refractivity contribution >= 4 is 43.2 Å². The van der Waals surface area contributed by atoms with Crippen LogP contribution in [0, 0.1) is 12.8 Å². The Morgan fingerprint density at radius 3 is 2.89 bits per heavy atom. The summed E-state index contributed by atoms with van der Waals surface area (Å²) >= 11 is 1.54. The Labute approximate surface area is 161 Å². The maximum absolute atomic E-state index is 12.7. The van der Waals surface area contributed by atoms with Crippen LogP contribution in [-0.4, -0.2) is 41.7 Å². The minimum absolute atomic E-state index is 0.156. The number of fused-ring (bicyclic) bond motifs is 1. The molecule has 1 amide bonds. The lowest BCUT2D eigenvalue weighted by Crippen LogP contribution is -2.31. The Kier molecular flexibility index (Phi) is 4.67. The lowest BCUT2D eigenvalue weighted by Gasteiger charge is -2.16. The highest BCUT2D eigenvalue weighted by atomic mass is 32.2. The fourth-order valence-corrected chi connectivity index (χ4v) is 5.20. The SMILES string of the molecule is Cc1ccc(S(=O)(=O)N2CC[C@@H](C(=O)Nc3ccc4scnc4c3)C2)cn1. The second-order valence-electron chi connectivity index (χ2n) is 6.51. The van der Waals surface area contributed by atoms with Gasteiger partial charge in [-0.25, -0.2) is 13.4 Å². The van der Waals surface area contributed by atoms with Crippen molar-refractivity contribution in [3.05, 3.63) is 47.7 Å². The maximum Gasteiger partial charge on any atom is 0.244 e. The summed E-state index contributed by atoms with van der Waals surface area (Å²) in [4.78, 5) is 21.0. The van der Waals surface area contributed by atoms with Crippen molar-refractivity contribution in [3.8, 4) is 0 Å². The number of carbonyl (C=O) groups is 1. The minimum atomic E-state index is -3.63. The fourth-order valence-electron chi connectivity index (χ4n) is 3.10. The number of aryl methyl sites for hydroxylation is 1. The molecule has 27 heavy (non-hydrogen) atoms. The van der Waals surface area contributed by atoms with Gasteiger partial charge in [0.05, 0.1) is 21.6 Å². The normalized spacial score (nSPS) is 18.0. The molecule has 0 radical (unpaired) electrons. The van der Waals surface area contributed by atoms with Crippen molar-refractivity contribution in [2.75, 3.05) is 18.4 Å². The van der Waals surface area contributed by atoms with Gasteiger partial charge in [-0.15, -0.1) is 11.3 Å². The summed E-state index contributed by atoms with van der Waals surface area (Å²) in [6, 6.07) is 8.79. The smallest absolute Gasteiger partial charge is 0.244 e. The molecule has 0 saturated carbocycles. The van der Waals surface area contributed by atoms with E-state index in [1.807, 2.05) is 18.2 Å². The van der Waals surface area contributed by atoms with Crippen LogP contribution < -0.4 is 5.32 Å². The number of benzene rings is 1. The average Bonchev–Trinajstić information content (AvgIpc) is 3.31. The van der Waals surface area contributed by atoms with Gasteiger partial charge in [0.15, 0.2) is 0 Å². The van der Waals surface area contributed by atoms with Gasteiger partial charge < -0.3 is 5.32 Å². The first-order valence-electron chi connectivity index (χ1n) is 8.50. The van der Waals surface area contributed by atoms with E-state index in [4.69, 9.17) is 0 Å². The number of hydrogen-bond acceptors (Lipinski definition) is 6. The molecule has 9 heteroatoms. The molecule has 2 aromatic heterocycles. The number of sulfonamides is 1. The number of hydrogen-bond donors (Lipinski definition) is 1. The van der Waals surface area contributed by atoms with E-state index in [0.717, 1.165) is 15.9 Å². The van der Waals surface area contributed by atoms with Crippen molar-refractivity contribution < 1.29 is 13.2 Å². The molecule has 1 aromatic carbocycles. The van der Waals surface area contributed by atoms with Crippen LogP contribution in [0.1, 0.15) is 12.1 Å². The highest BCUT2D eigenvalue weighted by Crippen LogP contribution is 2.26. The average molecular weight is 403 g/mol. The highest BCUT2D eigenvalue weighted by molar-refractivity contribution is 7.89. The number of aromatic nitrogens is 2. The third kappa shape index (κ3) is 3.58. The molecule has 7 nitrogen and oxygen atoms in total. The number of amides is 1. The van der Waals surface area contributed by atoms with Gasteiger partial charge in [-0.2, -0.15) is 4.31 Å². The van der Waals surface area contributed by atoms with Crippen LogP contribution >= 0.6 is 11.3 Å². The molecule has 4 rings (SSSR count). The molecular weight excluding hydrogens is 384 g/mol. The van der Waals surface area contributed by atoms with Crippen LogP contribution in [0.3, 0.4) is 0 Å².